The highest BCUT2D eigenvalue weighted by Gasteiger charge is 2.10. The number of hydrogen-bond donors (Lipinski definition) is 3. The summed E-state index contributed by atoms with van der Waals surface area (Å²) < 4.78 is 14.5. The number of anilines is 2. The molecule has 0 saturated carbocycles. The van der Waals surface area contributed by atoms with Crippen molar-refractivity contribution in [2.24, 2.45) is 0 Å². The molecule has 2 rings (SSSR count). The smallest absolute Gasteiger partial charge is 0.335 e. The molecule has 2 amide bonds. The Morgan fingerprint density at radius 1 is 1.05 bits per heavy atom. The molecule has 2 aromatic carbocycles. The topological polar surface area (TPSA) is 78.4 Å². The number of halogens is 2. The van der Waals surface area contributed by atoms with Crippen LogP contribution in [0.5, 0.6) is 0 Å². The number of amides is 2. The first-order chi connectivity index (χ1) is 9.95. The Labute approximate surface area is 127 Å². The lowest BCUT2D eigenvalue weighted by Crippen LogP contribution is -2.20. The van der Waals surface area contributed by atoms with E-state index in [1.807, 2.05) is 0 Å². The molecule has 0 heterocycles. The van der Waals surface area contributed by atoms with Gasteiger partial charge in [-0.3, -0.25) is 0 Å². The third-order valence-electron chi connectivity index (χ3n) is 2.57. The second-order valence-corrected chi connectivity index (χ2v) is 5.00. The number of benzene rings is 2. The lowest BCUT2D eigenvalue weighted by Gasteiger charge is -2.09. The molecule has 0 bridgehead atoms. The van der Waals surface area contributed by atoms with Crippen LogP contribution in [0.15, 0.2) is 46.9 Å². The van der Waals surface area contributed by atoms with Gasteiger partial charge in [0.1, 0.15) is 5.82 Å². The molecule has 0 aliphatic rings. The summed E-state index contributed by atoms with van der Waals surface area (Å²) >= 11 is 3.27. The van der Waals surface area contributed by atoms with Gasteiger partial charge in [0.15, 0.2) is 0 Å². The zero-order valence-corrected chi connectivity index (χ0v) is 12.1. The molecule has 0 unspecified atom stereocenters. The van der Waals surface area contributed by atoms with E-state index >= 15 is 0 Å². The van der Waals surface area contributed by atoms with Crippen molar-refractivity contribution in [1.29, 1.82) is 0 Å². The van der Waals surface area contributed by atoms with Crippen LogP contribution in [-0.2, 0) is 0 Å². The van der Waals surface area contributed by atoms with Crippen molar-refractivity contribution in [3.8, 4) is 0 Å². The van der Waals surface area contributed by atoms with Crippen molar-refractivity contribution >= 4 is 39.3 Å². The fourth-order valence-corrected chi connectivity index (χ4v) is 1.83. The Morgan fingerprint density at radius 2 is 1.71 bits per heavy atom. The molecule has 0 aliphatic heterocycles. The summed E-state index contributed by atoms with van der Waals surface area (Å²) in [5.74, 6) is -2.05. The maximum absolute atomic E-state index is 13.7. The maximum Gasteiger partial charge on any atom is 0.335 e. The molecule has 108 valence electrons. The van der Waals surface area contributed by atoms with Gasteiger partial charge in [0.2, 0.25) is 0 Å². The molecule has 0 atom stereocenters. The highest BCUT2D eigenvalue weighted by Crippen LogP contribution is 2.17. The molecule has 0 aliphatic carbocycles. The van der Waals surface area contributed by atoms with Crippen molar-refractivity contribution in [2.45, 2.75) is 0 Å². The third kappa shape index (κ3) is 4.03. The van der Waals surface area contributed by atoms with Crippen molar-refractivity contribution in [1.82, 2.24) is 0 Å². The first kappa shape index (κ1) is 15.0. The van der Waals surface area contributed by atoms with E-state index in [0.717, 1.165) is 10.5 Å². The Kier molecular flexibility index (Phi) is 4.54. The van der Waals surface area contributed by atoms with Crippen LogP contribution < -0.4 is 10.6 Å². The average molecular weight is 353 g/mol. The number of hydrogen-bond acceptors (Lipinski definition) is 2. The lowest BCUT2D eigenvalue weighted by atomic mass is 10.2. The molecule has 0 aromatic heterocycles. The van der Waals surface area contributed by atoms with Gasteiger partial charge in [-0.1, -0.05) is 15.9 Å². The molecule has 7 heteroatoms. The van der Waals surface area contributed by atoms with E-state index in [2.05, 4.69) is 26.6 Å². The number of carboxylic acids is 1. The van der Waals surface area contributed by atoms with Crippen LogP contribution in [0.25, 0.3) is 0 Å². The van der Waals surface area contributed by atoms with Crippen LogP contribution in [0.2, 0.25) is 0 Å². The Morgan fingerprint density at radius 3 is 2.29 bits per heavy atom. The minimum atomic E-state index is -1.24. The molecular weight excluding hydrogens is 343 g/mol. The highest BCUT2D eigenvalue weighted by molar-refractivity contribution is 9.10. The van der Waals surface area contributed by atoms with Crippen LogP contribution >= 0.6 is 15.9 Å². The van der Waals surface area contributed by atoms with Gasteiger partial charge in [0.25, 0.3) is 0 Å². The Balaban J connectivity index is 2.06. The van der Waals surface area contributed by atoms with E-state index in [9.17, 15) is 14.0 Å². The van der Waals surface area contributed by atoms with Gasteiger partial charge < -0.3 is 15.7 Å². The standard InChI is InChI=1S/C14H10BrFN2O3/c15-9-2-4-10(5-3-9)17-14(21)18-12-6-1-8(13(19)20)7-11(12)16/h1-7H,(H,19,20)(H2,17,18,21). The minimum Gasteiger partial charge on any atom is -0.478 e. The summed E-state index contributed by atoms with van der Waals surface area (Å²) in [6.07, 6.45) is 0. The van der Waals surface area contributed by atoms with Crippen LogP contribution in [0.1, 0.15) is 10.4 Å². The second kappa shape index (κ2) is 6.36. The zero-order chi connectivity index (χ0) is 15.4. The summed E-state index contributed by atoms with van der Waals surface area (Å²) in [4.78, 5) is 22.4. The normalized spacial score (nSPS) is 10.0. The van der Waals surface area contributed by atoms with E-state index in [1.165, 1.54) is 12.1 Å². The molecule has 2 aromatic rings. The van der Waals surface area contributed by atoms with E-state index in [4.69, 9.17) is 5.11 Å². The van der Waals surface area contributed by atoms with Crippen LogP contribution in [0.3, 0.4) is 0 Å². The van der Waals surface area contributed by atoms with Gasteiger partial charge in [-0.15, -0.1) is 0 Å². The predicted octanol–water partition coefficient (Wildman–Crippen LogP) is 3.93. The number of carbonyl (C=O) groups excluding carboxylic acids is 1. The quantitative estimate of drug-likeness (QED) is 0.782. The van der Waals surface area contributed by atoms with Gasteiger partial charge in [0, 0.05) is 10.2 Å². The van der Waals surface area contributed by atoms with Gasteiger partial charge in [-0.2, -0.15) is 0 Å². The average Bonchev–Trinajstić information content (AvgIpc) is 2.43. The van der Waals surface area contributed by atoms with Gasteiger partial charge in [-0.05, 0) is 42.5 Å². The first-order valence-corrected chi connectivity index (χ1v) is 6.61. The van der Waals surface area contributed by atoms with E-state index < -0.39 is 17.8 Å². The summed E-state index contributed by atoms with van der Waals surface area (Å²) in [6.45, 7) is 0. The molecule has 21 heavy (non-hydrogen) atoms. The van der Waals surface area contributed by atoms with Crippen molar-refractivity contribution in [2.75, 3.05) is 10.6 Å². The third-order valence-corrected chi connectivity index (χ3v) is 3.09. The van der Waals surface area contributed by atoms with E-state index in [-0.39, 0.29) is 11.3 Å². The fourth-order valence-electron chi connectivity index (χ4n) is 1.57. The number of aromatic carboxylic acids is 1. The molecule has 5 nitrogen and oxygen atoms in total. The summed E-state index contributed by atoms with van der Waals surface area (Å²) in [7, 11) is 0. The predicted molar refractivity (Wildman–Crippen MR) is 80.1 cm³/mol. The summed E-state index contributed by atoms with van der Waals surface area (Å²) in [5, 5.41) is 13.6. The monoisotopic (exact) mass is 352 g/mol. The summed E-state index contributed by atoms with van der Waals surface area (Å²) in [5.41, 5.74) is 0.249. The van der Waals surface area contributed by atoms with Crippen LogP contribution in [-0.4, -0.2) is 17.1 Å². The molecule has 0 saturated heterocycles. The largest absolute Gasteiger partial charge is 0.478 e. The van der Waals surface area contributed by atoms with Crippen LogP contribution in [0, 0.1) is 5.82 Å². The molecule has 3 N–H and O–H groups in total. The Hall–Kier alpha value is -2.41. The SMILES string of the molecule is O=C(Nc1ccc(Br)cc1)Nc1ccc(C(=O)O)cc1F. The first-order valence-electron chi connectivity index (χ1n) is 5.82. The van der Waals surface area contributed by atoms with E-state index in [0.29, 0.717) is 5.69 Å². The van der Waals surface area contributed by atoms with Crippen molar-refractivity contribution in [3.05, 3.63) is 58.3 Å². The fraction of sp³-hybridized carbons (Fsp3) is 0. The number of carboxylic acid groups (broad SMARTS) is 1. The van der Waals surface area contributed by atoms with E-state index in [1.54, 1.807) is 24.3 Å². The zero-order valence-electron chi connectivity index (χ0n) is 10.6. The highest BCUT2D eigenvalue weighted by atomic mass is 79.9. The number of nitrogens with one attached hydrogen (secondary N) is 2. The second-order valence-electron chi connectivity index (χ2n) is 4.09. The lowest BCUT2D eigenvalue weighted by molar-refractivity contribution is 0.0696. The molecular formula is C14H10BrFN2O3. The number of urea groups is 1. The van der Waals surface area contributed by atoms with Crippen molar-refractivity contribution < 1.29 is 19.1 Å². The van der Waals surface area contributed by atoms with Gasteiger partial charge in [-0.25, -0.2) is 14.0 Å². The molecule has 0 spiro atoms. The summed E-state index contributed by atoms with van der Waals surface area (Å²) in [6, 6.07) is 9.47. The molecule has 0 fully saturated rings. The number of rotatable bonds is 3. The Bertz CT molecular complexity index is 689. The minimum absolute atomic E-state index is 0.102. The number of carbonyl (C=O) groups is 2. The van der Waals surface area contributed by atoms with Gasteiger partial charge >= 0.3 is 12.0 Å². The van der Waals surface area contributed by atoms with Crippen LogP contribution in [0.4, 0.5) is 20.6 Å². The molecule has 0 radical (unpaired) electrons. The van der Waals surface area contributed by atoms with Gasteiger partial charge in [0.05, 0.1) is 11.3 Å². The maximum atomic E-state index is 13.7. The van der Waals surface area contributed by atoms with Crippen molar-refractivity contribution in [3.63, 3.8) is 0 Å².